The zero-order chi connectivity index (χ0) is 14.5. The van der Waals surface area contributed by atoms with Crippen molar-refractivity contribution in [2.75, 3.05) is 19.7 Å². The molecule has 0 saturated carbocycles. The van der Waals surface area contributed by atoms with Crippen molar-refractivity contribution in [3.8, 4) is 6.07 Å². The molecule has 1 saturated heterocycles. The van der Waals surface area contributed by atoms with E-state index in [-0.39, 0.29) is 36.6 Å². The van der Waals surface area contributed by atoms with Crippen molar-refractivity contribution < 1.29 is 14.3 Å². The van der Waals surface area contributed by atoms with Crippen molar-refractivity contribution in [1.82, 2.24) is 10.2 Å². The smallest absolute Gasteiger partial charge is 0.246 e. The molecule has 1 aliphatic rings. The number of carbonyl (C=O) groups excluding carboxylic acids is 2. The zero-order valence-corrected chi connectivity index (χ0v) is 11.7. The summed E-state index contributed by atoms with van der Waals surface area (Å²) in [5.74, 6) is -0.538. The minimum Gasteiger partial charge on any atom is -0.366 e. The Kier molecular flexibility index (Phi) is 5.31. The van der Waals surface area contributed by atoms with Crippen molar-refractivity contribution in [3.05, 3.63) is 0 Å². The van der Waals surface area contributed by atoms with Crippen LogP contribution < -0.4 is 5.32 Å². The van der Waals surface area contributed by atoms with Gasteiger partial charge in [-0.25, -0.2) is 0 Å². The minimum atomic E-state index is -0.387. The average molecular weight is 267 g/mol. The first kappa shape index (κ1) is 15.4. The summed E-state index contributed by atoms with van der Waals surface area (Å²) >= 11 is 0. The molecule has 0 aliphatic carbocycles. The zero-order valence-electron chi connectivity index (χ0n) is 11.7. The molecule has 0 aromatic rings. The molecule has 1 fully saturated rings. The van der Waals surface area contributed by atoms with Gasteiger partial charge in [-0.1, -0.05) is 0 Å². The fourth-order valence-electron chi connectivity index (χ4n) is 1.81. The number of nitrogens with one attached hydrogen (secondary N) is 1. The standard InChI is InChI=1S/C13H21N3O3/c1-13(2,3)19-9-11(17)15-8-12(18)16-6-4-5-10(16)7-14/h10H,4-6,8-9H2,1-3H3,(H,15,17)/t10-/m0/s1. The molecule has 106 valence electrons. The number of hydrogen-bond acceptors (Lipinski definition) is 4. The third kappa shape index (κ3) is 5.26. The van der Waals surface area contributed by atoms with Gasteiger partial charge in [0, 0.05) is 6.54 Å². The molecule has 0 aromatic carbocycles. The van der Waals surface area contributed by atoms with Crippen LogP contribution in [0, 0.1) is 11.3 Å². The highest BCUT2D eigenvalue weighted by atomic mass is 16.5. The largest absolute Gasteiger partial charge is 0.366 e. The van der Waals surface area contributed by atoms with Gasteiger partial charge in [0.1, 0.15) is 12.6 Å². The van der Waals surface area contributed by atoms with Crippen LogP contribution in [0.2, 0.25) is 0 Å². The van der Waals surface area contributed by atoms with Crippen molar-refractivity contribution in [2.45, 2.75) is 45.3 Å². The van der Waals surface area contributed by atoms with E-state index in [0.717, 1.165) is 6.42 Å². The van der Waals surface area contributed by atoms with Gasteiger partial charge in [0.15, 0.2) is 0 Å². The van der Waals surface area contributed by atoms with Crippen molar-refractivity contribution in [2.24, 2.45) is 0 Å². The van der Waals surface area contributed by atoms with Crippen LogP contribution in [-0.4, -0.2) is 48.1 Å². The summed E-state index contributed by atoms with van der Waals surface area (Å²) in [4.78, 5) is 24.8. The van der Waals surface area contributed by atoms with Crippen LogP contribution in [0.3, 0.4) is 0 Å². The van der Waals surface area contributed by atoms with E-state index in [2.05, 4.69) is 11.4 Å². The lowest BCUT2D eigenvalue weighted by Crippen LogP contribution is -2.43. The Morgan fingerprint density at radius 3 is 2.74 bits per heavy atom. The second-order valence-electron chi connectivity index (χ2n) is 5.55. The van der Waals surface area contributed by atoms with Crippen LogP contribution in [0.1, 0.15) is 33.6 Å². The monoisotopic (exact) mass is 267 g/mol. The lowest BCUT2D eigenvalue weighted by Gasteiger charge is -2.21. The van der Waals surface area contributed by atoms with Crippen LogP contribution >= 0.6 is 0 Å². The highest BCUT2D eigenvalue weighted by molar-refractivity contribution is 5.85. The normalized spacial score (nSPS) is 19.1. The van der Waals surface area contributed by atoms with Gasteiger partial charge in [-0.2, -0.15) is 5.26 Å². The first-order chi connectivity index (χ1) is 8.83. The summed E-state index contributed by atoms with van der Waals surface area (Å²) in [6.07, 6.45) is 1.55. The molecule has 0 aromatic heterocycles. The van der Waals surface area contributed by atoms with Crippen molar-refractivity contribution in [1.29, 1.82) is 5.26 Å². The van der Waals surface area contributed by atoms with E-state index in [1.165, 1.54) is 4.90 Å². The van der Waals surface area contributed by atoms with Gasteiger partial charge in [-0.15, -0.1) is 0 Å². The second kappa shape index (κ2) is 6.53. The maximum absolute atomic E-state index is 11.8. The van der Waals surface area contributed by atoms with Gasteiger partial charge in [0.2, 0.25) is 11.8 Å². The van der Waals surface area contributed by atoms with E-state index in [9.17, 15) is 9.59 Å². The molecule has 0 unspecified atom stereocenters. The van der Waals surface area contributed by atoms with Crippen LogP contribution in [0.15, 0.2) is 0 Å². The van der Waals surface area contributed by atoms with Gasteiger partial charge < -0.3 is 15.0 Å². The van der Waals surface area contributed by atoms with E-state index in [1.807, 2.05) is 20.8 Å². The Morgan fingerprint density at radius 2 is 2.16 bits per heavy atom. The Morgan fingerprint density at radius 1 is 1.47 bits per heavy atom. The topological polar surface area (TPSA) is 82.4 Å². The number of nitriles is 1. The summed E-state index contributed by atoms with van der Waals surface area (Å²) in [7, 11) is 0. The molecule has 0 bridgehead atoms. The van der Waals surface area contributed by atoms with Crippen molar-refractivity contribution >= 4 is 11.8 Å². The van der Waals surface area contributed by atoms with Crippen LogP contribution in [-0.2, 0) is 14.3 Å². The molecular formula is C13H21N3O3. The molecule has 0 spiro atoms. The summed E-state index contributed by atoms with van der Waals surface area (Å²) < 4.78 is 5.30. The quantitative estimate of drug-likeness (QED) is 0.801. The predicted molar refractivity (Wildman–Crippen MR) is 69.1 cm³/mol. The van der Waals surface area contributed by atoms with Gasteiger partial charge in [0.25, 0.3) is 0 Å². The number of amides is 2. The molecule has 1 heterocycles. The first-order valence-corrected chi connectivity index (χ1v) is 6.43. The van der Waals surface area contributed by atoms with Gasteiger partial charge in [-0.05, 0) is 33.6 Å². The summed E-state index contributed by atoms with van der Waals surface area (Å²) in [5, 5.41) is 11.4. The van der Waals surface area contributed by atoms with E-state index in [1.54, 1.807) is 0 Å². The van der Waals surface area contributed by atoms with Gasteiger partial charge in [-0.3, -0.25) is 9.59 Å². The molecule has 1 aliphatic heterocycles. The lowest BCUT2D eigenvalue weighted by atomic mass is 10.2. The van der Waals surface area contributed by atoms with Gasteiger partial charge in [0.05, 0.1) is 18.2 Å². The molecule has 6 heteroatoms. The molecule has 0 radical (unpaired) electrons. The summed E-state index contributed by atoms with van der Waals surface area (Å²) in [6.45, 7) is 6.00. The highest BCUT2D eigenvalue weighted by Gasteiger charge is 2.28. The second-order valence-corrected chi connectivity index (χ2v) is 5.55. The molecule has 1 atom stereocenters. The van der Waals surface area contributed by atoms with E-state index in [4.69, 9.17) is 10.00 Å². The number of hydrogen-bond donors (Lipinski definition) is 1. The van der Waals surface area contributed by atoms with E-state index in [0.29, 0.717) is 13.0 Å². The fraction of sp³-hybridized carbons (Fsp3) is 0.769. The Bertz CT molecular complexity index is 382. The maximum Gasteiger partial charge on any atom is 0.246 e. The number of rotatable bonds is 4. The predicted octanol–water partition coefficient (Wildman–Crippen LogP) is 0.432. The molecule has 1 N–H and O–H groups in total. The third-order valence-corrected chi connectivity index (χ3v) is 2.80. The number of carbonyl (C=O) groups is 2. The van der Waals surface area contributed by atoms with E-state index >= 15 is 0 Å². The molecule has 1 rings (SSSR count). The molecule has 2 amide bonds. The number of nitrogens with zero attached hydrogens (tertiary/aromatic N) is 2. The first-order valence-electron chi connectivity index (χ1n) is 6.43. The summed E-state index contributed by atoms with van der Waals surface area (Å²) in [5.41, 5.74) is -0.387. The van der Waals surface area contributed by atoms with E-state index < -0.39 is 0 Å². The fourth-order valence-corrected chi connectivity index (χ4v) is 1.81. The van der Waals surface area contributed by atoms with Crippen LogP contribution in [0.25, 0.3) is 0 Å². The average Bonchev–Trinajstić information content (AvgIpc) is 2.80. The highest BCUT2D eigenvalue weighted by Crippen LogP contribution is 2.15. The van der Waals surface area contributed by atoms with Gasteiger partial charge >= 0.3 is 0 Å². The Labute approximate surface area is 113 Å². The van der Waals surface area contributed by atoms with Crippen LogP contribution in [0.5, 0.6) is 0 Å². The molecular weight excluding hydrogens is 246 g/mol. The molecule has 19 heavy (non-hydrogen) atoms. The number of likely N-dealkylation sites (tertiary alicyclic amines) is 1. The Balaban J connectivity index is 2.30. The van der Waals surface area contributed by atoms with Crippen LogP contribution in [0.4, 0.5) is 0 Å². The number of ether oxygens (including phenoxy) is 1. The Hall–Kier alpha value is -1.61. The SMILES string of the molecule is CC(C)(C)OCC(=O)NCC(=O)N1CCC[C@H]1C#N. The third-order valence-electron chi connectivity index (χ3n) is 2.80. The van der Waals surface area contributed by atoms with Crippen molar-refractivity contribution in [3.63, 3.8) is 0 Å². The minimum absolute atomic E-state index is 0.0710. The maximum atomic E-state index is 11.8. The summed E-state index contributed by atoms with van der Waals surface area (Å²) in [6, 6.07) is 1.74. The molecule has 6 nitrogen and oxygen atoms in total. The lowest BCUT2D eigenvalue weighted by molar-refractivity contribution is -0.136.